The van der Waals surface area contributed by atoms with Crippen LogP contribution in [0.5, 0.6) is 0 Å². The zero-order chi connectivity index (χ0) is 31.8. The van der Waals surface area contributed by atoms with E-state index in [4.69, 9.17) is 9.47 Å². The lowest BCUT2D eigenvalue weighted by Gasteiger charge is -2.34. The van der Waals surface area contributed by atoms with Crippen molar-refractivity contribution in [2.45, 2.75) is 77.2 Å². The van der Waals surface area contributed by atoms with E-state index in [1.165, 1.54) is 11.1 Å². The van der Waals surface area contributed by atoms with Crippen LogP contribution in [0.2, 0.25) is 0 Å². The largest absolute Gasteiger partial charge is 0.464 e. The molecular formula is C37H45N3O5. The Morgan fingerprint density at radius 3 is 2.02 bits per heavy atom. The Balaban J connectivity index is 1.16. The quantitative estimate of drug-likeness (QED) is 0.138. The average molecular weight is 612 g/mol. The standard InChI is InChI=1S/C37H45N3O5/c1-4-44-35(42)37(2,3)40-34(41)31-20-12-13-21-32(31)39(36(40)43)25-15-7-14-24-38-26-22-30(23-27-38)45-33(28-16-8-5-9-17-28)29-18-10-6-11-19-29/h5-6,8-13,16-21,30,33H,4,7,14-15,22-27H2,1-3H3. The Kier molecular flexibility index (Phi) is 10.7. The molecule has 0 bridgehead atoms. The zero-order valence-corrected chi connectivity index (χ0v) is 26.7. The zero-order valence-electron chi connectivity index (χ0n) is 26.7. The van der Waals surface area contributed by atoms with Gasteiger partial charge in [-0.15, -0.1) is 0 Å². The maximum Gasteiger partial charge on any atom is 0.332 e. The maximum atomic E-state index is 13.7. The third-order valence-corrected chi connectivity index (χ3v) is 8.81. The van der Waals surface area contributed by atoms with Crippen LogP contribution in [-0.2, 0) is 26.4 Å². The van der Waals surface area contributed by atoms with Crippen LogP contribution in [0.25, 0.3) is 10.9 Å². The first-order chi connectivity index (χ1) is 21.8. The van der Waals surface area contributed by atoms with Gasteiger partial charge in [0.05, 0.1) is 23.6 Å². The number of unbranched alkanes of at least 4 members (excludes halogenated alkanes) is 2. The van der Waals surface area contributed by atoms with Crippen LogP contribution >= 0.6 is 0 Å². The highest BCUT2D eigenvalue weighted by atomic mass is 16.5. The second-order valence-electron chi connectivity index (χ2n) is 12.3. The molecule has 1 fully saturated rings. The SMILES string of the molecule is CCOC(=O)C(C)(C)n1c(=O)c2ccccc2n(CCCCCN2CCC(OC(c3ccccc3)c3ccccc3)CC2)c1=O. The van der Waals surface area contributed by atoms with Crippen LogP contribution in [0.3, 0.4) is 0 Å². The number of nitrogens with zero attached hydrogens (tertiary/aromatic N) is 3. The van der Waals surface area contributed by atoms with Crippen molar-refractivity contribution in [2.24, 2.45) is 0 Å². The molecule has 8 heteroatoms. The van der Waals surface area contributed by atoms with Crippen LogP contribution < -0.4 is 11.2 Å². The molecule has 1 saturated heterocycles. The fourth-order valence-corrected chi connectivity index (χ4v) is 6.28. The van der Waals surface area contributed by atoms with Crippen molar-refractivity contribution in [3.05, 3.63) is 117 Å². The molecule has 2 heterocycles. The van der Waals surface area contributed by atoms with E-state index in [1.54, 1.807) is 43.5 Å². The third kappa shape index (κ3) is 7.45. The predicted octanol–water partition coefficient (Wildman–Crippen LogP) is 5.90. The molecule has 0 radical (unpaired) electrons. The summed E-state index contributed by atoms with van der Waals surface area (Å²) in [7, 11) is 0. The molecule has 0 atom stereocenters. The molecule has 8 nitrogen and oxygen atoms in total. The number of aromatic nitrogens is 2. The van der Waals surface area contributed by atoms with E-state index in [2.05, 4.69) is 53.4 Å². The second-order valence-corrected chi connectivity index (χ2v) is 12.3. The third-order valence-electron chi connectivity index (χ3n) is 8.81. The number of hydrogen-bond acceptors (Lipinski definition) is 6. The lowest BCUT2D eigenvalue weighted by atomic mass is 10.00. The van der Waals surface area contributed by atoms with Gasteiger partial charge in [0.1, 0.15) is 11.6 Å². The van der Waals surface area contributed by atoms with Gasteiger partial charge in [-0.2, -0.15) is 0 Å². The number of ether oxygens (including phenoxy) is 2. The maximum absolute atomic E-state index is 13.7. The number of carbonyl (C=O) groups excluding carboxylic acids is 1. The Hall–Kier alpha value is -4.01. The summed E-state index contributed by atoms with van der Waals surface area (Å²) in [6.45, 7) is 8.46. The second kappa shape index (κ2) is 14.8. The average Bonchev–Trinajstić information content (AvgIpc) is 3.06. The van der Waals surface area contributed by atoms with E-state index in [0.717, 1.165) is 56.3 Å². The molecule has 0 amide bonds. The molecule has 0 spiro atoms. The topological polar surface area (TPSA) is 82.8 Å². The highest BCUT2D eigenvalue weighted by molar-refractivity contribution is 5.80. The number of hydrogen-bond donors (Lipinski definition) is 0. The molecular weight excluding hydrogens is 566 g/mol. The summed E-state index contributed by atoms with van der Waals surface area (Å²) in [5.41, 5.74) is 0.568. The van der Waals surface area contributed by atoms with Crippen LogP contribution in [-0.4, -0.2) is 52.3 Å². The number of piperidine rings is 1. The van der Waals surface area contributed by atoms with Crippen LogP contribution in [0.4, 0.5) is 0 Å². The van der Waals surface area contributed by atoms with Gasteiger partial charge in [-0.1, -0.05) is 79.2 Å². The number of aryl methyl sites for hydroxylation is 1. The molecule has 1 aromatic heterocycles. The van der Waals surface area contributed by atoms with Crippen molar-refractivity contribution in [3.8, 4) is 0 Å². The smallest absolute Gasteiger partial charge is 0.332 e. The van der Waals surface area contributed by atoms with Crippen LogP contribution in [0.1, 0.15) is 70.1 Å². The molecule has 1 aliphatic rings. The van der Waals surface area contributed by atoms with Gasteiger partial charge in [0.2, 0.25) is 0 Å². The number of fused-ring (bicyclic) bond motifs is 1. The Bertz CT molecular complexity index is 1630. The van der Waals surface area contributed by atoms with E-state index >= 15 is 0 Å². The fraction of sp³-hybridized carbons (Fsp3) is 0.432. The van der Waals surface area contributed by atoms with Gasteiger partial charge in [0, 0.05) is 19.6 Å². The number of esters is 1. The van der Waals surface area contributed by atoms with Gasteiger partial charge in [-0.3, -0.25) is 9.36 Å². The van der Waals surface area contributed by atoms with E-state index in [9.17, 15) is 14.4 Å². The highest BCUT2D eigenvalue weighted by Gasteiger charge is 2.35. The molecule has 0 N–H and O–H groups in total. The summed E-state index contributed by atoms with van der Waals surface area (Å²) in [4.78, 5) is 42.2. The molecule has 1 aliphatic heterocycles. The van der Waals surface area contributed by atoms with Crippen molar-refractivity contribution in [3.63, 3.8) is 0 Å². The summed E-state index contributed by atoms with van der Waals surface area (Å²) in [6, 6.07) is 28.0. The first kappa shape index (κ1) is 32.4. The summed E-state index contributed by atoms with van der Waals surface area (Å²) < 4.78 is 14.6. The molecule has 238 valence electrons. The van der Waals surface area contributed by atoms with Gasteiger partial charge in [-0.05, 0) is 76.3 Å². The molecule has 0 unspecified atom stereocenters. The molecule has 0 saturated carbocycles. The number of rotatable bonds is 13. The summed E-state index contributed by atoms with van der Waals surface area (Å²) in [5, 5.41) is 0.418. The van der Waals surface area contributed by atoms with E-state index in [1.807, 2.05) is 18.2 Å². The Morgan fingerprint density at radius 2 is 1.40 bits per heavy atom. The molecule has 3 aromatic carbocycles. The minimum absolute atomic E-state index is 0.0688. The van der Waals surface area contributed by atoms with Crippen molar-refractivity contribution in [1.29, 1.82) is 0 Å². The monoisotopic (exact) mass is 611 g/mol. The molecule has 5 rings (SSSR count). The minimum Gasteiger partial charge on any atom is -0.464 e. The predicted molar refractivity (Wildman–Crippen MR) is 178 cm³/mol. The van der Waals surface area contributed by atoms with Gasteiger partial charge < -0.3 is 14.4 Å². The Labute approximate surface area is 265 Å². The van der Waals surface area contributed by atoms with Gasteiger partial charge >= 0.3 is 11.7 Å². The van der Waals surface area contributed by atoms with E-state index in [0.29, 0.717) is 17.4 Å². The van der Waals surface area contributed by atoms with Crippen molar-refractivity contribution >= 4 is 16.9 Å². The Morgan fingerprint density at radius 1 is 0.822 bits per heavy atom. The van der Waals surface area contributed by atoms with Crippen LogP contribution in [0.15, 0.2) is 94.5 Å². The van der Waals surface area contributed by atoms with E-state index < -0.39 is 22.8 Å². The number of benzene rings is 3. The van der Waals surface area contributed by atoms with Crippen molar-refractivity contribution in [1.82, 2.24) is 14.0 Å². The van der Waals surface area contributed by atoms with Gasteiger partial charge in [0.15, 0.2) is 0 Å². The molecule has 4 aromatic rings. The van der Waals surface area contributed by atoms with Crippen molar-refractivity contribution < 1.29 is 14.3 Å². The lowest BCUT2D eigenvalue weighted by Crippen LogP contribution is -2.53. The summed E-state index contributed by atoms with van der Waals surface area (Å²) in [6.07, 6.45) is 4.88. The fourth-order valence-electron chi connectivity index (χ4n) is 6.28. The minimum atomic E-state index is -1.42. The lowest BCUT2D eigenvalue weighted by molar-refractivity contribution is -0.152. The summed E-state index contributed by atoms with van der Waals surface area (Å²) >= 11 is 0. The number of carbonyl (C=O) groups is 1. The summed E-state index contributed by atoms with van der Waals surface area (Å²) in [5.74, 6) is -0.601. The number of likely N-dealkylation sites (tertiary alicyclic amines) is 1. The van der Waals surface area contributed by atoms with Crippen molar-refractivity contribution in [2.75, 3.05) is 26.2 Å². The molecule has 45 heavy (non-hydrogen) atoms. The van der Waals surface area contributed by atoms with Gasteiger partial charge in [-0.25, -0.2) is 14.2 Å². The van der Waals surface area contributed by atoms with Crippen LogP contribution in [0, 0.1) is 0 Å². The molecule has 0 aliphatic carbocycles. The van der Waals surface area contributed by atoms with E-state index in [-0.39, 0.29) is 18.8 Å². The number of para-hydroxylation sites is 1. The normalized spacial score (nSPS) is 14.7. The van der Waals surface area contributed by atoms with Gasteiger partial charge in [0.25, 0.3) is 5.56 Å². The highest BCUT2D eigenvalue weighted by Crippen LogP contribution is 2.30. The first-order valence-corrected chi connectivity index (χ1v) is 16.2. The first-order valence-electron chi connectivity index (χ1n) is 16.2.